The maximum atomic E-state index is 2.58. The first-order valence-electron chi connectivity index (χ1n) is 26.5. The number of fused-ring (bicyclic) bond motifs is 14. The Morgan fingerprint density at radius 1 is 0.446 bits per heavy atom. The largest absolute Gasteiger partial charge is 0.313 e. The molecule has 0 radical (unpaired) electrons. The molecule has 0 N–H and O–H groups in total. The van der Waals surface area contributed by atoms with Crippen LogP contribution in [0, 0.1) is 0 Å². The minimum absolute atomic E-state index is 0.0885. The van der Waals surface area contributed by atoms with Crippen LogP contribution < -0.4 is 9.80 Å². The molecule has 8 aromatic rings. The summed E-state index contributed by atoms with van der Waals surface area (Å²) >= 11 is 1.93. The van der Waals surface area contributed by atoms with Crippen LogP contribution in [0.15, 0.2) is 257 Å². The summed E-state index contributed by atoms with van der Waals surface area (Å²) in [6, 6.07) is 71.2. The smallest absolute Gasteiger partial charge is 0.0756 e. The third kappa shape index (κ3) is 6.52. The van der Waals surface area contributed by atoms with Crippen molar-refractivity contribution in [1.82, 2.24) is 0 Å². The molecule has 6 aliphatic rings. The van der Waals surface area contributed by atoms with E-state index < -0.39 is 5.41 Å². The van der Waals surface area contributed by atoms with Crippen LogP contribution in [-0.2, 0) is 16.2 Å². The predicted octanol–water partition coefficient (Wildman–Crippen LogP) is 19.1. The summed E-state index contributed by atoms with van der Waals surface area (Å²) in [4.78, 5) is 7.70. The van der Waals surface area contributed by atoms with Gasteiger partial charge in [-0.2, -0.15) is 0 Å². The third-order valence-corrected chi connectivity index (χ3v) is 18.2. The third-order valence-electron chi connectivity index (χ3n) is 17.0. The molecule has 1 spiro atoms. The van der Waals surface area contributed by atoms with Gasteiger partial charge in [-0.1, -0.05) is 215 Å². The first-order valence-corrected chi connectivity index (χ1v) is 27.4. The van der Waals surface area contributed by atoms with E-state index in [0.717, 1.165) is 42.7 Å². The van der Waals surface area contributed by atoms with Gasteiger partial charge in [-0.25, -0.2) is 0 Å². The van der Waals surface area contributed by atoms with E-state index in [0.29, 0.717) is 0 Å². The van der Waals surface area contributed by atoms with Crippen LogP contribution in [0.25, 0.3) is 22.3 Å². The number of para-hydroxylation sites is 2. The molecule has 2 nitrogen and oxygen atoms in total. The molecule has 1 atom stereocenters. The number of rotatable bonds is 6. The lowest BCUT2D eigenvalue weighted by Crippen LogP contribution is -2.34. The van der Waals surface area contributed by atoms with E-state index >= 15 is 0 Å². The number of hydrogen-bond donors (Lipinski definition) is 0. The Hall–Kier alpha value is -7.85. The number of allylic oxidation sites excluding steroid dienone is 11. The van der Waals surface area contributed by atoms with Gasteiger partial charge >= 0.3 is 0 Å². The quantitative estimate of drug-likeness (QED) is 0.164. The molecular formula is C71H58N2S. The van der Waals surface area contributed by atoms with Gasteiger partial charge in [0.05, 0.1) is 16.8 Å². The van der Waals surface area contributed by atoms with Crippen LogP contribution >= 0.6 is 11.8 Å². The van der Waals surface area contributed by atoms with E-state index in [4.69, 9.17) is 0 Å². The Labute approximate surface area is 441 Å². The molecule has 358 valence electrons. The molecule has 8 aromatic carbocycles. The number of hydrogen-bond acceptors (Lipinski definition) is 3. The molecule has 1 aliphatic heterocycles. The van der Waals surface area contributed by atoms with Crippen LogP contribution in [0.3, 0.4) is 0 Å². The van der Waals surface area contributed by atoms with Crippen LogP contribution in [0.4, 0.5) is 28.4 Å². The highest BCUT2D eigenvalue weighted by molar-refractivity contribution is 7.99. The highest BCUT2D eigenvalue weighted by Crippen LogP contribution is 2.66. The van der Waals surface area contributed by atoms with Gasteiger partial charge in [0, 0.05) is 55.4 Å². The summed E-state index contributed by atoms with van der Waals surface area (Å²) in [5.74, 6) is 0. The van der Waals surface area contributed by atoms with E-state index in [1.807, 2.05) is 11.8 Å². The SMILES string of the molecule is CC1(C)C2=C(C=CCCC=C2)c2ccc(N(c3ccccc3)c3cccc4c3C3(c5ccccc5Sc5c(N(/C6=C/CC=C7/C(=C\C6)C(C)(C)c6ccccc67)c6ccccc6)cccc53)c3ccccc3-4)cc21. The maximum Gasteiger partial charge on any atom is 0.0756 e. The molecule has 0 saturated heterocycles. The minimum Gasteiger partial charge on any atom is -0.313 e. The Bertz CT molecular complexity index is 3820. The minimum atomic E-state index is -0.664. The zero-order valence-electron chi connectivity index (χ0n) is 42.6. The van der Waals surface area contributed by atoms with Gasteiger partial charge < -0.3 is 9.80 Å². The molecule has 0 fully saturated rings. The molecule has 14 rings (SSSR count). The van der Waals surface area contributed by atoms with Gasteiger partial charge in [0.15, 0.2) is 0 Å². The van der Waals surface area contributed by atoms with Crippen molar-refractivity contribution in [3.63, 3.8) is 0 Å². The molecule has 5 aliphatic carbocycles. The highest BCUT2D eigenvalue weighted by Gasteiger charge is 2.53. The summed E-state index contributed by atoms with van der Waals surface area (Å²) in [5, 5.41) is 0. The number of benzene rings is 8. The topological polar surface area (TPSA) is 6.48 Å². The van der Waals surface area contributed by atoms with Crippen molar-refractivity contribution in [3.8, 4) is 11.1 Å². The van der Waals surface area contributed by atoms with E-state index in [9.17, 15) is 0 Å². The summed E-state index contributed by atoms with van der Waals surface area (Å²) in [6.45, 7) is 9.62. The molecule has 0 saturated carbocycles. The van der Waals surface area contributed by atoms with Gasteiger partial charge in [0.25, 0.3) is 0 Å². The second-order valence-corrected chi connectivity index (χ2v) is 22.7. The van der Waals surface area contributed by atoms with E-state index in [1.54, 1.807) is 0 Å². The monoisotopic (exact) mass is 970 g/mol. The van der Waals surface area contributed by atoms with E-state index in [-0.39, 0.29) is 10.8 Å². The number of anilines is 5. The van der Waals surface area contributed by atoms with Gasteiger partial charge in [-0.05, 0) is 146 Å². The van der Waals surface area contributed by atoms with Gasteiger partial charge in [0.2, 0.25) is 0 Å². The van der Waals surface area contributed by atoms with E-state index in [2.05, 4.69) is 268 Å². The Morgan fingerprint density at radius 3 is 1.88 bits per heavy atom. The number of nitrogens with zero attached hydrogens (tertiary/aromatic N) is 2. The molecule has 74 heavy (non-hydrogen) atoms. The van der Waals surface area contributed by atoms with E-state index in [1.165, 1.54) is 105 Å². The van der Waals surface area contributed by atoms with Crippen molar-refractivity contribution in [2.45, 2.75) is 79.4 Å². The zero-order valence-corrected chi connectivity index (χ0v) is 43.4. The van der Waals surface area contributed by atoms with Gasteiger partial charge in [0.1, 0.15) is 0 Å². The van der Waals surface area contributed by atoms with Crippen molar-refractivity contribution in [3.05, 3.63) is 292 Å². The fourth-order valence-electron chi connectivity index (χ4n) is 13.7. The molecule has 0 aromatic heterocycles. The van der Waals surface area contributed by atoms with Crippen LogP contribution in [0.1, 0.15) is 97.9 Å². The second-order valence-electron chi connectivity index (χ2n) is 21.7. The lowest BCUT2D eigenvalue weighted by atomic mass is 9.66. The molecular weight excluding hydrogens is 913 g/mol. The fourth-order valence-corrected chi connectivity index (χ4v) is 15.0. The van der Waals surface area contributed by atoms with Crippen LogP contribution in [-0.4, -0.2) is 0 Å². The first-order chi connectivity index (χ1) is 36.3. The lowest BCUT2D eigenvalue weighted by molar-refractivity contribution is 0.653. The first kappa shape index (κ1) is 44.8. The van der Waals surface area contributed by atoms with Crippen molar-refractivity contribution in [2.75, 3.05) is 9.80 Å². The standard InChI is InChI=1S/C71H58N2S/c1-69(2)57-35-17-15-30-51(57)53-32-21-28-49(43-45-59(53)69)72(47-24-9-7-10-25-47)65-40-23-38-62-68(65)74-66-41-20-19-37-61(66)71(62)60-36-18-16-31-54(60)56-33-22-39-64(67(56)71)73(48-26-11-8-12-27-48)50-42-44-55-52-29-13-5-6-14-34-58(52)70(3,4)63(55)46-50/h7-20,22-42,44-46H,5-6,21,43H2,1-4H3/b29-13?,34-14?,49-28+,53-32?,59-45+. The van der Waals surface area contributed by atoms with Crippen molar-refractivity contribution in [2.24, 2.45) is 0 Å². The normalized spacial score (nSPS) is 20.3. The van der Waals surface area contributed by atoms with Gasteiger partial charge in [-0.15, -0.1) is 0 Å². The molecule has 0 amide bonds. The zero-order chi connectivity index (χ0) is 49.8. The Morgan fingerprint density at radius 2 is 1.08 bits per heavy atom. The lowest BCUT2D eigenvalue weighted by Gasteiger charge is -2.43. The highest BCUT2D eigenvalue weighted by atomic mass is 32.2. The summed E-state index contributed by atoms with van der Waals surface area (Å²) in [6.07, 6.45) is 20.8. The second kappa shape index (κ2) is 17.1. The van der Waals surface area contributed by atoms with Crippen LogP contribution in [0.5, 0.6) is 0 Å². The molecule has 0 bridgehead atoms. The summed E-state index contributed by atoms with van der Waals surface area (Å²) < 4.78 is 0. The summed E-state index contributed by atoms with van der Waals surface area (Å²) in [7, 11) is 0. The summed E-state index contributed by atoms with van der Waals surface area (Å²) in [5.41, 5.74) is 25.1. The Kier molecular flexibility index (Phi) is 10.4. The van der Waals surface area contributed by atoms with Crippen LogP contribution in [0.2, 0.25) is 0 Å². The molecule has 1 heterocycles. The van der Waals surface area contributed by atoms with Gasteiger partial charge in [-0.3, -0.25) is 0 Å². The predicted molar refractivity (Wildman–Crippen MR) is 311 cm³/mol. The van der Waals surface area contributed by atoms with Crippen molar-refractivity contribution >= 4 is 51.3 Å². The fraction of sp³-hybridized carbons (Fsp3) is 0.155. The average molecular weight is 971 g/mol. The molecule has 1 unspecified atom stereocenters. The maximum absolute atomic E-state index is 2.58. The van der Waals surface area contributed by atoms with Crippen molar-refractivity contribution < 1.29 is 0 Å². The Balaban J connectivity index is 1.00. The van der Waals surface area contributed by atoms with Crippen molar-refractivity contribution in [1.29, 1.82) is 0 Å². The average Bonchev–Trinajstić information content (AvgIpc) is 3.94. The molecule has 3 heteroatoms.